The number of nitrogens with zero attached hydrogens (tertiary/aromatic N) is 1. The fourth-order valence-corrected chi connectivity index (χ4v) is 2.44. The van der Waals surface area contributed by atoms with Crippen molar-refractivity contribution in [3.63, 3.8) is 0 Å². The smallest absolute Gasteiger partial charge is 0.0292 e. The van der Waals surface area contributed by atoms with Crippen molar-refractivity contribution >= 4 is 0 Å². The Bertz CT molecular complexity index is 329. The van der Waals surface area contributed by atoms with Crippen molar-refractivity contribution in [1.29, 1.82) is 0 Å². The van der Waals surface area contributed by atoms with Crippen molar-refractivity contribution < 1.29 is 0 Å². The number of hydrogen-bond acceptors (Lipinski definition) is 2. The third kappa shape index (κ3) is 2.63. The van der Waals surface area contributed by atoms with Gasteiger partial charge in [0.15, 0.2) is 0 Å². The standard InChI is InChI=1S/C14H22N2/c1-12(15-2)14-8-4-3-7-13(14)11-16-9-5-6-10-16/h3-4,7-8,12,15H,5-6,9-11H2,1-2H3. The summed E-state index contributed by atoms with van der Waals surface area (Å²) < 4.78 is 0. The van der Waals surface area contributed by atoms with E-state index in [0.717, 1.165) is 6.54 Å². The summed E-state index contributed by atoms with van der Waals surface area (Å²) in [4.78, 5) is 2.56. The molecule has 1 saturated heterocycles. The maximum absolute atomic E-state index is 3.33. The Morgan fingerprint density at radius 2 is 1.94 bits per heavy atom. The lowest BCUT2D eigenvalue weighted by Gasteiger charge is -2.20. The van der Waals surface area contributed by atoms with Crippen LogP contribution in [0.25, 0.3) is 0 Å². The zero-order valence-electron chi connectivity index (χ0n) is 10.4. The van der Waals surface area contributed by atoms with E-state index < -0.39 is 0 Å². The molecular weight excluding hydrogens is 196 g/mol. The van der Waals surface area contributed by atoms with Gasteiger partial charge in [0.05, 0.1) is 0 Å². The van der Waals surface area contributed by atoms with Gasteiger partial charge in [-0.1, -0.05) is 24.3 Å². The lowest BCUT2D eigenvalue weighted by atomic mass is 10.0. The lowest BCUT2D eigenvalue weighted by Crippen LogP contribution is -2.21. The summed E-state index contributed by atoms with van der Waals surface area (Å²) >= 11 is 0. The van der Waals surface area contributed by atoms with Gasteiger partial charge in [0, 0.05) is 12.6 Å². The van der Waals surface area contributed by atoms with E-state index >= 15 is 0 Å². The van der Waals surface area contributed by atoms with Crippen LogP contribution in [0.2, 0.25) is 0 Å². The molecule has 1 aliphatic rings. The third-order valence-electron chi connectivity index (χ3n) is 3.55. The Morgan fingerprint density at radius 3 is 2.62 bits per heavy atom. The second kappa shape index (κ2) is 5.46. The molecule has 0 amide bonds. The van der Waals surface area contributed by atoms with Crippen LogP contribution in [0.4, 0.5) is 0 Å². The van der Waals surface area contributed by atoms with Gasteiger partial charge in [0.25, 0.3) is 0 Å². The zero-order chi connectivity index (χ0) is 11.4. The number of likely N-dealkylation sites (tertiary alicyclic amines) is 1. The topological polar surface area (TPSA) is 15.3 Å². The van der Waals surface area contributed by atoms with E-state index in [-0.39, 0.29) is 0 Å². The maximum atomic E-state index is 3.33. The van der Waals surface area contributed by atoms with Gasteiger partial charge in [0.2, 0.25) is 0 Å². The summed E-state index contributed by atoms with van der Waals surface area (Å²) in [6.07, 6.45) is 2.73. The molecule has 0 saturated carbocycles. The molecule has 2 rings (SSSR count). The van der Waals surface area contributed by atoms with E-state index in [9.17, 15) is 0 Å². The van der Waals surface area contributed by atoms with Crippen LogP contribution < -0.4 is 5.32 Å². The van der Waals surface area contributed by atoms with Crippen LogP contribution in [0.3, 0.4) is 0 Å². The molecule has 1 aromatic rings. The molecule has 16 heavy (non-hydrogen) atoms. The van der Waals surface area contributed by atoms with Crippen molar-refractivity contribution in [2.24, 2.45) is 0 Å². The average molecular weight is 218 g/mol. The quantitative estimate of drug-likeness (QED) is 0.835. The molecule has 1 unspecified atom stereocenters. The van der Waals surface area contributed by atoms with E-state index in [0.29, 0.717) is 6.04 Å². The Labute approximate surface area is 98.7 Å². The highest BCUT2D eigenvalue weighted by molar-refractivity contribution is 5.29. The van der Waals surface area contributed by atoms with Crippen molar-refractivity contribution in [3.05, 3.63) is 35.4 Å². The lowest BCUT2D eigenvalue weighted by molar-refractivity contribution is 0.329. The van der Waals surface area contributed by atoms with Crippen molar-refractivity contribution in [1.82, 2.24) is 10.2 Å². The second-order valence-electron chi connectivity index (χ2n) is 4.69. The summed E-state index contributed by atoms with van der Waals surface area (Å²) in [6.45, 7) is 5.87. The number of rotatable bonds is 4. The van der Waals surface area contributed by atoms with Crippen LogP contribution in [0.1, 0.15) is 36.9 Å². The van der Waals surface area contributed by atoms with Gasteiger partial charge in [0.1, 0.15) is 0 Å². The largest absolute Gasteiger partial charge is 0.313 e. The summed E-state index contributed by atoms with van der Waals surface area (Å²) in [5.74, 6) is 0. The summed E-state index contributed by atoms with van der Waals surface area (Å²) in [6, 6.07) is 9.24. The second-order valence-corrected chi connectivity index (χ2v) is 4.69. The first-order chi connectivity index (χ1) is 7.81. The number of hydrogen-bond donors (Lipinski definition) is 1. The van der Waals surface area contributed by atoms with E-state index in [1.54, 1.807) is 0 Å². The highest BCUT2D eigenvalue weighted by Crippen LogP contribution is 2.20. The van der Waals surface area contributed by atoms with Gasteiger partial charge < -0.3 is 5.32 Å². The molecule has 1 aliphatic heterocycles. The molecule has 0 radical (unpaired) electrons. The first-order valence-corrected chi connectivity index (χ1v) is 6.28. The molecule has 0 aliphatic carbocycles. The molecular formula is C14H22N2. The monoisotopic (exact) mass is 218 g/mol. The summed E-state index contributed by atoms with van der Waals surface area (Å²) in [5, 5.41) is 3.33. The number of nitrogens with one attached hydrogen (secondary N) is 1. The molecule has 0 spiro atoms. The van der Waals surface area contributed by atoms with E-state index in [4.69, 9.17) is 0 Å². The molecule has 0 aromatic heterocycles. The summed E-state index contributed by atoms with van der Waals surface area (Å²) in [5.41, 5.74) is 2.92. The van der Waals surface area contributed by atoms with Gasteiger partial charge in [-0.3, -0.25) is 4.90 Å². The van der Waals surface area contributed by atoms with Gasteiger partial charge in [-0.25, -0.2) is 0 Å². The molecule has 1 atom stereocenters. The van der Waals surface area contributed by atoms with Gasteiger partial charge in [-0.2, -0.15) is 0 Å². The fourth-order valence-electron chi connectivity index (χ4n) is 2.44. The van der Waals surface area contributed by atoms with E-state index in [2.05, 4.69) is 41.4 Å². The Hall–Kier alpha value is -0.860. The molecule has 0 bridgehead atoms. The minimum absolute atomic E-state index is 0.443. The first kappa shape index (κ1) is 11.6. The Kier molecular flexibility index (Phi) is 3.97. The van der Waals surface area contributed by atoms with Crippen molar-refractivity contribution in [3.8, 4) is 0 Å². The van der Waals surface area contributed by atoms with Gasteiger partial charge in [-0.15, -0.1) is 0 Å². The molecule has 2 nitrogen and oxygen atoms in total. The van der Waals surface area contributed by atoms with Crippen LogP contribution in [0.15, 0.2) is 24.3 Å². The number of benzene rings is 1. The van der Waals surface area contributed by atoms with Crippen molar-refractivity contribution in [2.45, 2.75) is 32.4 Å². The fraction of sp³-hybridized carbons (Fsp3) is 0.571. The minimum Gasteiger partial charge on any atom is -0.313 e. The minimum atomic E-state index is 0.443. The highest BCUT2D eigenvalue weighted by atomic mass is 15.1. The van der Waals surface area contributed by atoms with Crippen LogP contribution in [-0.4, -0.2) is 25.0 Å². The van der Waals surface area contributed by atoms with Crippen molar-refractivity contribution in [2.75, 3.05) is 20.1 Å². The predicted molar refractivity (Wildman–Crippen MR) is 68.4 cm³/mol. The van der Waals surface area contributed by atoms with Crippen LogP contribution in [0, 0.1) is 0 Å². The molecule has 88 valence electrons. The van der Waals surface area contributed by atoms with E-state index in [1.165, 1.54) is 37.1 Å². The molecule has 1 aromatic carbocycles. The van der Waals surface area contributed by atoms with Gasteiger partial charge in [-0.05, 0) is 51.0 Å². The highest BCUT2D eigenvalue weighted by Gasteiger charge is 2.14. The Balaban J connectivity index is 2.12. The molecule has 2 heteroatoms. The Morgan fingerprint density at radius 1 is 1.25 bits per heavy atom. The zero-order valence-corrected chi connectivity index (χ0v) is 10.4. The molecule has 1 heterocycles. The normalized spacial score (nSPS) is 18.9. The van der Waals surface area contributed by atoms with Crippen LogP contribution >= 0.6 is 0 Å². The summed E-state index contributed by atoms with van der Waals surface area (Å²) in [7, 11) is 2.03. The SMILES string of the molecule is CNC(C)c1ccccc1CN1CCCC1. The van der Waals surface area contributed by atoms with Crippen LogP contribution in [0.5, 0.6) is 0 Å². The molecule has 1 N–H and O–H groups in total. The average Bonchev–Trinajstić information content (AvgIpc) is 2.82. The molecule has 1 fully saturated rings. The maximum Gasteiger partial charge on any atom is 0.0292 e. The van der Waals surface area contributed by atoms with Gasteiger partial charge >= 0.3 is 0 Å². The first-order valence-electron chi connectivity index (χ1n) is 6.28. The van der Waals surface area contributed by atoms with Crippen LogP contribution in [-0.2, 0) is 6.54 Å². The third-order valence-corrected chi connectivity index (χ3v) is 3.55. The van der Waals surface area contributed by atoms with E-state index in [1.807, 2.05) is 7.05 Å². The predicted octanol–water partition coefficient (Wildman–Crippen LogP) is 2.56.